The molecule has 3 aromatic carbocycles. The van der Waals surface area contributed by atoms with Crippen LogP contribution in [0.3, 0.4) is 0 Å². The maximum Gasteiger partial charge on any atom is 0.269 e. The lowest BCUT2D eigenvalue weighted by atomic mass is 10.2. The Labute approximate surface area is 177 Å². The van der Waals surface area contributed by atoms with E-state index >= 15 is 0 Å². The van der Waals surface area contributed by atoms with Crippen LogP contribution in [-0.2, 0) is 5.75 Å². The molecule has 1 heterocycles. The van der Waals surface area contributed by atoms with Crippen molar-refractivity contribution in [3.63, 3.8) is 0 Å². The van der Waals surface area contributed by atoms with E-state index in [1.807, 2.05) is 48.5 Å². The maximum atomic E-state index is 10.8. The van der Waals surface area contributed by atoms with Gasteiger partial charge < -0.3 is 0 Å². The van der Waals surface area contributed by atoms with Crippen LogP contribution in [0.15, 0.2) is 95.2 Å². The van der Waals surface area contributed by atoms with Crippen LogP contribution in [0.25, 0.3) is 11.4 Å². The van der Waals surface area contributed by atoms with Crippen molar-refractivity contribution in [1.29, 1.82) is 0 Å². The number of non-ortho nitro benzene ring substituents is 1. The first-order valence-electron chi connectivity index (χ1n) is 9.17. The average molecular weight is 415 g/mol. The SMILES string of the molecule is O=[N+]([O-])c1ccc(/C=N/n2c(SCc3ccccc3)nnc2-c2ccccc2)cc1. The van der Waals surface area contributed by atoms with Gasteiger partial charge in [-0.2, -0.15) is 9.78 Å². The number of rotatable bonds is 7. The molecule has 4 aromatic rings. The second-order valence-corrected chi connectivity index (χ2v) is 7.29. The van der Waals surface area contributed by atoms with E-state index in [-0.39, 0.29) is 5.69 Å². The van der Waals surface area contributed by atoms with Crippen LogP contribution in [0.4, 0.5) is 5.69 Å². The molecule has 0 aliphatic carbocycles. The molecule has 1 aromatic heterocycles. The number of nitrogens with zero attached hydrogens (tertiary/aromatic N) is 5. The van der Waals surface area contributed by atoms with Gasteiger partial charge in [-0.3, -0.25) is 10.1 Å². The molecule has 0 N–H and O–H groups in total. The van der Waals surface area contributed by atoms with E-state index in [1.165, 1.54) is 17.7 Å². The Hall–Kier alpha value is -3.78. The van der Waals surface area contributed by atoms with Crippen molar-refractivity contribution in [3.05, 3.63) is 106 Å². The number of nitro groups is 1. The topological polar surface area (TPSA) is 86.2 Å². The summed E-state index contributed by atoms with van der Waals surface area (Å²) in [6.07, 6.45) is 1.64. The number of hydrogen-bond acceptors (Lipinski definition) is 6. The zero-order valence-electron chi connectivity index (χ0n) is 15.8. The number of aromatic nitrogens is 3. The highest BCUT2D eigenvalue weighted by molar-refractivity contribution is 7.98. The summed E-state index contributed by atoms with van der Waals surface area (Å²) in [7, 11) is 0. The first-order chi connectivity index (χ1) is 14.7. The van der Waals surface area contributed by atoms with Gasteiger partial charge in [0, 0.05) is 23.4 Å². The smallest absolute Gasteiger partial charge is 0.258 e. The Morgan fingerprint density at radius 3 is 2.27 bits per heavy atom. The van der Waals surface area contributed by atoms with E-state index < -0.39 is 4.92 Å². The third-order valence-corrected chi connectivity index (χ3v) is 5.27. The van der Waals surface area contributed by atoms with Crippen molar-refractivity contribution in [3.8, 4) is 11.4 Å². The fraction of sp³-hybridized carbons (Fsp3) is 0.0455. The summed E-state index contributed by atoms with van der Waals surface area (Å²) in [6, 6.07) is 26.1. The summed E-state index contributed by atoms with van der Waals surface area (Å²) in [5, 5.41) is 24.7. The van der Waals surface area contributed by atoms with Crippen LogP contribution in [0.1, 0.15) is 11.1 Å². The van der Waals surface area contributed by atoms with Crippen molar-refractivity contribution in [2.45, 2.75) is 10.9 Å². The summed E-state index contributed by atoms with van der Waals surface area (Å²) in [5.41, 5.74) is 2.86. The summed E-state index contributed by atoms with van der Waals surface area (Å²) >= 11 is 1.54. The molecule has 0 aliphatic rings. The molecule has 0 fully saturated rings. The molecule has 148 valence electrons. The van der Waals surface area contributed by atoms with Gasteiger partial charge in [0.2, 0.25) is 5.16 Å². The molecule has 0 unspecified atom stereocenters. The molecule has 4 rings (SSSR count). The Morgan fingerprint density at radius 1 is 0.933 bits per heavy atom. The number of thioether (sulfide) groups is 1. The van der Waals surface area contributed by atoms with Gasteiger partial charge in [-0.15, -0.1) is 10.2 Å². The van der Waals surface area contributed by atoms with Crippen molar-refractivity contribution in [1.82, 2.24) is 14.9 Å². The molecule has 30 heavy (non-hydrogen) atoms. The molecule has 0 atom stereocenters. The quantitative estimate of drug-likeness (QED) is 0.183. The van der Waals surface area contributed by atoms with E-state index in [2.05, 4.69) is 27.4 Å². The third-order valence-electron chi connectivity index (χ3n) is 4.28. The molecular weight excluding hydrogens is 398 g/mol. The zero-order chi connectivity index (χ0) is 20.8. The second-order valence-electron chi connectivity index (χ2n) is 6.35. The first-order valence-corrected chi connectivity index (χ1v) is 10.2. The normalized spacial score (nSPS) is 11.1. The van der Waals surface area contributed by atoms with Gasteiger partial charge in [-0.05, 0) is 23.3 Å². The average Bonchev–Trinajstić information content (AvgIpc) is 3.20. The molecule has 0 saturated heterocycles. The van der Waals surface area contributed by atoms with Crippen LogP contribution in [-0.4, -0.2) is 26.0 Å². The minimum absolute atomic E-state index is 0.0422. The minimum atomic E-state index is -0.424. The summed E-state index contributed by atoms with van der Waals surface area (Å²) in [4.78, 5) is 10.4. The van der Waals surface area contributed by atoms with E-state index in [4.69, 9.17) is 0 Å². The van der Waals surface area contributed by atoms with Gasteiger partial charge in [0.15, 0.2) is 5.82 Å². The van der Waals surface area contributed by atoms with Gasteiger partial charge in [0.05, 0.1) is 11.1 Å². The lowest BCUT2D eigenvalue weighted by Crippen LogP contribution is -1.97. The zero-order valence-corrected chi connectivity index (χ0v) is 16.6. The molecule has 7 nitrogen and oxygen atoms in total. The van der Waals surface area contributed by atoms with Crippen LogP contribution in [0.2, 0.25) is 0 Å². The first kappa shape index (κ1) is 19.5. The summed E-state index contributed by atoms with van der Waals surface area (Å²) in [5.74, 6) is 1.37. The maximum absolute atomic E-state index is 10.8. The molecule has 8 heteroatoms. The van der Waals surface area contributed by atoms with E-state index in [0.717, 1.165) is 16.9 Å². The highest BCUT2D eigenvalue weighted by Gasteiger charge is 2.14. The van der Waals surface area contributed by atoms with E-state index in [0.29, 0.717) is 11.0 Å². The Morgan fingerprint density at radius 2 is 1.60 bits per heavy atom. The molecule has 0 aliphatic heterocycles. The Bertz CT molecular complexity index is 1160. The van der Waals surface area contributed by atoms with Crippen LogP contribution >= 0.6 is 11.8 Å². The third kappa shape index (κ3) is 4.61. The minimum Gasteiger partial charge on any atom is -0.258 e. The van der Waals surface area contributed by atoms with Gasteiger partial charge >= 0.3 is 0 Å². The van der Waals surface area contributed by atoms with E-state index in [9.17, 15) is 10.1 Å². The lowest BCUT2D eigenvalue weighted by molar-refractivity contribution is -0.384. The second kappa shape index (κ2) is 9.15. The van der Waals surface area contributed by atoms with Crippen LogP contribution in [0, 0.1) is 10.1 Å². The monoisotopic (exact) mass is 415 g/mol. The number of nitro benzene ring substituents is 1. The highest BCUT2D eigenvalue weighted by Crippen LogP contribution is 2.26. The van der Waals surface area contributed by atoms with Crippen molar-refractivity contribution in [2.75, 3.05) is 0 Å². The number of benzene rings is 3. The molecular formula is C22H17N5O2S. The largest absolute Gasteiger partial charge is 0.269 e. The van der Waals surface area contributed by atoms with Crippen molar-refractivity contribution >= 4 is 23.7 Å². The summed E-state index contributed by atoms with van der Waals surface area (Å²) in [6.45, 7) is 0. The Kier molecular flexibility index (Phi) is 5.95. The highest BCUT2D eigenvalue weighted by atomic mass is 32.2. The lowest BCUT2D eigenvalue weighted by Gasteiger charge is -2.05. The summed E-state index contributed by atoms with van der Waals surface area (Å²) < 4.78 is 1.70. The van der Waals surface area contributed by atoms with Gasteiger partial charge in [-0.25, -0.2) is 0 Å². The molecule has 0 saturated carbocycles. The predicted molar refractivity (Wildman–Crippen MR) is 118 cm³/mol. The van der Waals surface area contributed by atoms with Gasteiger partial charge in [0.1, 0.15) is 0 Å². The molecule has 0 spiro atoms. The fourth-order valence-electron chi connectivity index (χ4n) is 2.76. The Balaban J connectivity index is 1.64. The van der Waals surface area contributed by atoms with Crippen LogP contribution < -0.4 is 0 Å². The van der Waals surface area contributed by atoms with Gasteiger partial charge in [0.25, 0.3) is 5.69 Å². The predicted octanol–water partition coefficient (Wildman–Crippen LogP) is 5.03. The van der Waals surface area contributed by atoms with Gasteiger partial charge in [-0.1, -0.05) is 72.4 Å². The van der Waals surface area contributed by atoms with E-state index in [1.54, 1.807) is 34.8 Å². The standard InChI is InChI=1S/C22H17N5O2S/c28-27(29)20-13-11-17(12-14-20)15-23-26-21(19-9-5-2-6-10-19)24-25-22(26)30-16-18-7-3-1-4-8-18/h1-15H,16H2/b23-15+. The fourth-order valence-corrected chi connectivity index (χ4v) is 3.60. The molecule has 0 amide bonds. The molecule has 0 radical (unpaired) electrons. The van der Waals surface area contributed by atoms with Crippen LogP contribution in [0.5, 0.6) is 0 Å². The molecule has 0 bridgehead atoms. The van der Waals surface area contributed by atoms with Crippen molar-refractivity contribution < 1.29 is 4.92 Å². The number of hydrogen-bond donors (Lipinski definition) is 0. The van der Waals surface area contributed by atoms with Crippen molar-refractivity contribution in [2.24, 2.45) is 5.10 Å².